The topological polar surface area (TPSA) is 52.6 Å². The van der Waals surface area contributed by atoms with Gasteiger partial charge in [-0.1, -0.05) is 42.5 Å². The highest BCUT2D eigenvalue weighted by Crippen LogP contribution is 2.34. The molecule has 1 amide bonds. The summed E-state index contributed by atoms with van der Waals surface area (Å²) in [6, 6.07) is 22.0. The first-order valence-electron chi connectivity index (χ1n) is 8.53. The SMILES string of the molecule is CNC(=O)O.c1ccc(CN2CCc3cc(-c4cccs4)ccc32)cc1. The molecule has 3 aromatic rings. The van der Waals surface area contributed by atoms with Crippen LogP contribution in [0, 0.1) is 0 Å². The molecule has 4 rings (SSSR count). The summed E-state index contributed by atoms with van der Waals surface area (Å²) in [7, 11) is 1.35. The number of carbonyl (C=O) groups is 1. The Bertz CT molecular complexity index is 848. The predicted octanol–water partition coefficient (Wildman–Crippen LogP) is 4.86. The second-order valence-electron chi connectivity index (χ2n) is 6.03. The van der Waals surface area contributed by atoms with Crippen LogP contribution in [0.2, 0.25) is 0 Å². The van der Waals surface area contributed by atoms with Gasteiger partial charge in [-0.05, 0) is 46.7 Å². The van der Waals surface area contributed by atoms with Gasteiger partial charge in [0.1, 0.15) is 0 Å². The van der Waals surface area contributed by atoms with E-state index < -0.39 is 6.09 Å². The molecule has 4 nitrogen and oxygen atoms in total. The highest BCUT2D eigenvalue weighted by molar-refractivity contribution is 7.13. The molecule has 1 aliphatic rings. The molecule has 0 saturated heterocycles. The quantitative estimate of drug-likeness (QED) is 0.696. The minimum Gasteiger partial charge on any atom is -0.465 e. The van der Waals surface area contributed by atoms with Crippen LogP contribution in [-0.4, -0.2) is 24.8 Å². The fraction of sp³-hybridized carbons (Fsp3) is 0.190. The Morgan fingerprint density at radius 3 is 2.58 bits per heavy atom. The van der Waals surface area contributed by atoms with Crippen molar-refractivity contribution < 1.29 is 9.90 Å². The van der Waals surface area contributed by atoms with Gasteiger partial charge in [-0.3, -0.25) is 0 Å². The standard InChI is InChI=1S/C19H17NS.C2H5NO2/c1-2-5-15(6-3-1)14-20-11-10-16-13-17(8-9-18(16)20)19-7-4-12-21-19;1-3-2(4)5/h1-9,12-13H,10-11,14H2;3H,1H3,(H,4,5). The highest BCUT2D eigenvalue weighted by atomic mass is 32.1. The molecular formula is C21H22N2O2S. The van der Waals surface area contributed by atoms with Crippen molar-refractivity contribution in [3.8, 4) is 10.4 Å². The van der Waals surface area contributed by atoms with Crippen molar-refractivity contribution in [3.05, 3.63) is 77.2 Å². The lowest BCUT2D eigenvalue weighted by molar-refractivity contribution is 0.197. The fourth-order valence-electron chi connectivity index (χ4n) is 3.03. The first-order valence-corrected chi connectivity index (χ1v) is 9.41. The molecule has 5 heteroatoms. The Balaban J connectivity index is 0.000000349. The summed E-state index contributed by atoms with van der Waals surface area (Å²) in [6.45, 7) is 2.13. The van der Waals surface area contributed by atoms with Crippen LogP contribution in [0.4, 0.5) is 10.5 Å². The van der Waals surface area contributed by atoms with Crippen molar-refractivity contribution in [2.24, 2.45) is 0 Å². The maximum Gasteiger partial charge on any atom is 0.404 e. The van der Waals surface area contributed by atoms with E-state index in [-0.39, 0.29) is 0 Å². The number of fused-ring (bicyclic) bond motifs is 1. The van der Waals surface area contributed by atoms with Gasteiger partial charge < -0.3 is 15.3 Å². The predicted molar refractivity (Wildman–Crippen MR) is 108 cm³/mol. The lowest BCUT2D eigenvalue weighted by atomic mass is 10.1. The summed E-state index contributed by atoms with van der Waals surface area (Å²) in [5, 5.41) is 11.7. The van der Waals surface area contributed by atoms with Crippen LogP contribution in [0.5, 0.6) is 0 Å². The van der Waals surface area contributed by atoms with Crippen molar-refractivity contribution in [2.75, 3.05) is 18.5 Å². The molecule has 0 bridgehead atoms. The second-order valence-corrected chi connectivity index (χ2v) is 6.98. The number of hydrogen-bond acceptors (Lipinski definition) is 3. The van der Waals surface area contributed by atoms with Crippen molar-refractivity contribution in [3.63, 3.8) is 0 Å². The molecule has 26 heavy (non-hydrogen) atoms. The first-order chi connectivity index (χ1) is 12.7. The molecule has 2 N–H and O–H groups in total. The monoisotopic (exact) mass is 366 g/mol. The van der Waals surface area contributed by atoms with Crippen molar-refractivity contribution in [1.29, 1.82) is 0 Å². The van der Waals surface area contributed by atoms with Gasteiger partial charge in [-0.25, -0.2) is 4.79 Å². The van der Waals surface area contributed by atoms with Gasteiger partial charge in [0, 0.05) is 30.7 Å². The Hall–Kier alpha value is -2.79. The number of anilines is 1. The molecule has 0 saturated carbocycles. The van der Waals surface area contributed by atoms with E-state index in [1.165, 1.54) is 34.3 Å². The minimum atomic E-state index is -0.995. The number of amides is 1. The van der Waals surface area contributed by atoms with Crippen LogP contribution in [0.3, 0.4) is 0 Å². The zero-order valence-electron chi connectivity index (χ0n) is 14.7. The van der Waals surface area contributed by atoms with Gasteiger partial charge in [0.15, 0.2) is 0 Å². The zero-order valence-corrected chi connectivity index (χ0v) is 15.5. The van der Waals surface area contributed by atoms with E-state index in [0.717, 1.165) is 19.5 Å². The first kappa shape index (κ1) is 18.0. The van der Waals surface area contributed by atoms with Crippen LogP contribution < -0.4 is 10.2 Å². The van der Waals surface area contributed by atoms with Crippen LogP contribution in [0.25, 0.3) is 10.4 Å². The molecule has 0 aliphatic carbocycles. The average Bonchev–Trinajstić information content (AvgIpc) is 3.33. The summed E-state index contributed by atoms with van der Waals surface area (Å²) < 4.78 is 0. The molecular weight excluding hydrogens is 344 g/mol. The number of benzene rings is 2. The van der Waals surface area contributed by atoms with Crippen LogP contribution >= 0.6 is 11.3 Å². The largest absolute Gasteiger partial charge is 0.465 e. The molecule has 0 unspecified atom stereocenters. The highest BCUT2D eigenvalue weighted by Gasteiger charge is 2.19. The Morgan fingerprint density at radius 2 is 1.92 bits per heavy atom. The van der Waals surface area contributed by atoms with Gasteiger partial charge >= 0.3 is 6.09 Å². The molecule has 1 aromatic heterocycles. The Morgan fingerprint density at radius 1 is 1.15 bits per heavy atom. The van der Waals surface area contributed by atoms with Crippen molar-refractivity contribution >= 4 is 23.1 Å². The third kappa shape index (κ3) is 4.43. The number of thiophene rings is 1. The van der Waals surface area contributed by atoms with E-state index in [0.29, 0.717) is 0 Å². The summed E-state index contributed by atoms with van der Waals surface area (Å²) in [5.74, 6) is 0. The smallest absolute Gasteiger partial charge is 0.404 e. The summed E-state index contributed by atoms with van der Waals surface area (Å²) in [4.78, 5) is 13.1. The Kier molecular flexibility index (Phi) is 5.92. The van der Waals surface area contributed by atoms with E-state index in [1.807, 2.05) is 16.7 Å². The molecule has 0 radical (unpaired) electrons. The number of hydrogen-bond donors (Lipinski definition) is 2. The molecule has 134 valence electrons. The zero-order chi connectivity index (χ0) is 18.4. The summed E-state index contributed by atoms with van der Waals surface area (Å²) in [5.41, 5.74) is 5.62. The number of rotatable bonds is 3. The van der Waals surface area contributed by atoms with E-state index in [4.69, 9.17) is 5.11 Å². The molecule has 0 atom stereocenters. The van der Waals surface area contributed by atoms with Gasteiger partial charge in [0.2, 0.25) is 0 Å². The lowest BCUT2D eigenvalue weighted by Gasteiger charge is -2.19. The van der Waals surface area contributed by atoms with Gasteiger partial charge in [-0.15, -0.1) is 11.3 Å². The average molecular weight is 366 g/mol. The van der Waals surface area contributed by atoms with Crippen molar-refractivity contribution in [2.45, 2.75) is 13.0 Å². The third-order valence-corrected chi connectivity index (χ3v) is 5.23. The number of carboxylic acid groups (broad SMARTS) is 1. The summed E-state index contributed by atoms with van der Waals surface area (Å²) >= 11 is 1.81. The maximum atomic E-state index is 9.26. The third-order valence-electron chi connectivity index (χ3n) is 4.31. The van der Waals surface area contributed by atoms with Crippen molar-refractivity contribution in [1.82, 2.24) is 5.32 Å². The normalized spacial score (nSPS) is 12.1. The van der Waals surface area contributed by atoms with Crippen LogP contribution in [-0.2, 0) is 13.0 Å². The van der Waals surface area contributed by atoms with Gasteiger partial charge in [-0.2, -0.15) is 0 Å². The van der Waals surface area contributed by atoms with E-state index >= 15 is 0 Å². The second kappa shape index (κ2) is 8.54. The van der Waals surface area contributed by atoms with Crippen LogP contribution in [0.15, 0.2) is 66.0 Å². The molecule has 0 spiro atoms. The van der Waals surface area contributed by atoms with E-state index in [1.54, 1.807) is 0 Å². The van der Waals surface area contributed by atoms with E-state index in [9.17, 15) is 4.79 Å². The van der Waals surface area contributed by atoms with E-state index in [2.05, 4.69) is 70.9 Å². The molecule has 1 aliphatic heterocycles. The van der Waals surface area contributed by atoms with Gasteiger partial charge in [0.05, 0.1) is 0 Å². The Labute approximate surface area is 157 Å². The van der Waals surface area contributed by atoms with Gasteiger partial charge in [0.25, 0.3) is 0 Å². The maximum absolute atomic E-state index is 9.26. The number of nitrogens with one attached hydrogen (secondary N) is 1. The number of nitrogens with zero attached hydrogens (tertiary/aromatic N) is 1. The van der Waals surface area contributed by atoms with Crippen LogP contribution in [0.1, 0.15) is 11.1 Å². The lowest BCUT2D eigenvalue weighted by Crippen LogP contribution is -2.19. The fourth-order valence-corrected chi connectivity index (χ4v) is 3.76. The molecule has 2 aromatic carbocycles. The summed E-state index contributed by atoms with van der Waals surface area (Å²) in [6.07, 6.45) is 0.159. The minimum absolute atomic E-state index is 0.995. The molecule has 2 heterocycles. The molecule has 0 fully saturated rings.